The van der Waals surface area contributed by atoms with Crippen LogP contribution in [0.25, 0.3) is 0 Å². The van der Waals surface area contributed by atoms with Crippen LogP contribution in [0.4, 0.5) is 0 Å². The second-order valence-electron chi connectivity index (χ2n) is 4.65. The average molecular weight is 239 g/mol. The number of hydrogen-bond acceptors (Lipinski definition) is 2. The van der Waals surface area contributed by atoms with Crippen molar-refractivity contribution in [3.63, 3.8) is 0 Å². The van der Waals surface area contributed by atoms with Gasteiger partial charge in [0.1, 0.15) is 0 Å². The van der Waals surface area contributed by atoms with E-state index in [4.69, 9.17) is 17.3 Å². The fourth-order valence-corrected chi connectivity index (χ4v) is 2.48. The number of piperidine rings is 1. The van der Waals surface area contributed by atoms with Gasteiger partial charge in [0, 0.05) is 17.6 Å². The topological polar surface area (TPSA) is 29.3 Å². The molecule has 0 atom stereocenters. The molecule has 16 heavy (non-hydrogen) atoms. The monoisotopic (exact) mass is 238 g/mol. The van der Waals surface area contributed by atoms with Crippen molar-refractivity contribution in [2.45, 2.75) is 32.4 Å². The molecule has 0 saturated carbocycles. The normalized spacial score (nSPS) is 18.9. The first-order valence-corrected chi connectivity index (χ1v) is 6.26. The van der Waals surface area contributed by atoms with Crippen LogP contribution in [-0.4, -0.2) is 24.0 Å². The Morgan fingerprint density at radius 2 is 2.06 bits per heavy atom. The zero-order valence-corrected chi connectivity index (χ0v) is 10.5. The highest BCUT2D eigenvalue weighted by Gasteiger charge is 2.17. The molecular formula is C13H19ClN2. The van der Waals surface area contributed by atoms with Crippen LogP contribution in [0.5, 0.6) is 0 Å². The molecule has 1 fully saturated rings. The number of halogens is 1. The lowest BCUT2D eigenvalue weighted by Gasteiger charge is -2.30. The third-order valence-electron chi connectivity index (χ3n) is 3.37. The van der Waals surface area contributed by atoms with Crippen molar-refractivity contribution in [1.82, 2.24) is 4.90 Å². The minimum atomic E-state index is 0.392. The molecule has 0 unspecified atom stereocenters. The minimum absolute atomic E-state index is 0.392. The minimum Gasteiger partial charge on any atom is -0.328 e. The van der Waals surface area contributed by atoms with Gasteiger partial charge in [-0.05, 0) is 50.0 Å². The number of likely N-dealkylation sites (tertiary alicyclic amines) is 1. The highest BCUT2D eigenvalue weighted by molar-refractivity contribution is 6.31. The van der Waals surface area contributed by atoms with Crippen LogP contribution in [0.15, 0.2) is 18.2 Å². The SMILES string of the molecule is Cc1cccc(Cl)c1CN1CCC(N)CC1. The van der Waals surface area contributed by atoms with E-state index in [9.17, 15) is 0 Å². The van der Waals surface area contributed by atoms with Crippen LogP contribution in [0.2, 0.25) is 5.02 Å². The van der Waals surface area contributed by atoms with Gasteiger partial charge in [-0.15, -0.1) is 0 Å². The average Bonchev–Trinajstić information content (AvgIpc) is 2.26. The van der Waals surface area contributed by atoms with E-state index in [1.807, 2.05) is 12.1 Å². The molecular weight excluding hydrogens is 220 g/mol. The highest BCUT2D eigenvalue weighted by Crippen LogP contribution is 2.22. The first-order chi connectivity index (χ1) is 7.66. The fraction of sp³-hybridized carbons (Fsp3) is 0.538. The molecule has 3 heteroatoms. The summed E-state index contributed by atoms with van der Waals surface area (Å²) in [5.74, 6) is 0. The predicted molar refractivity (Wildman–Crippen MR) is 68.7 cm³/mol. The van der Waals surface area contributed by atoms with E-state index in [1.165, 1.54) is 11.1 Å². The standard InChI is InChI=1S/C13H19ClN2/c1-10-3-2-4-13(14)12(10)9-16-7-5-11(15)6-8-16/h2-4,11H,5-9,15H2,1H3. The molecule has 0 amide bonds. The molecule has 1 heterocycles. The van der Waals surface area contributed by atoms with E-state index in [-0.39, 0.29) is 0 Å². The number of nitrogens with zero attached hydrogens (tertiary/aromatic N) is 1. The Morgan fingerprint density at radius 3 is 2.69 bits per heavy atom. The van der Waals surface area contributed by atoms with Crippen LogP contribution >= 0.6 is 11.6 Å². The third kappa shape index (κ3) is 2.76. The van der Waals surface area contributed by atoms with Gasteiger partial charge < -0.3 is 5.73 Å². The Bertz CT molecular complexity index is 337. The summed E-state index contributed by atoms with van der Waals surface area (Å²) in [4.78, 5) is 2.44. The molecule has 0 aliphatic carbocycles. The van der Waals surface area contributed by atoms with Gasteiger partial charge in [0.2, 0.25) is 0 Å². The van der Waals surface area contributed by atoms with E-state index in [2.05, 4.69) is 17.9 Å². The van der Waals surface area contributed by atoms with Gasteiger partial charge in [-0.25, -0.2) is 0 Å². The summed E-state index contributed by atoms with van der Waals surface area (Å²) < 4.78 is 0. The van der Waals surface area contributed by atoms with Crippen LogP contribution in [0.1, 0.15) is 24.0 Å². The summed E-state index contributed by atoms with van der Waals surface area (Å²) in [6, 6.07) is 6.49. The Kier molecular flexibility index (Phi) is 3.85. The molecule has 1 aromatic rings. The summed E-state index contributed by atoms with van der Waals surface area (Å²) >= 11 is 6.23. The number of benzene rings is 1. The molecule has 0 aromatic heterocycles. The molecule has 1 aliphatic heterocycles. The lowest BCUT2D eigenvalue weighted by atomic mass is 10.0. The van der Waals surface area contributed by atoms with Crippen molar-refractivity contribution < 1.29 is 0 Å². The number of rotatable bonds is 2. The second-order valence-corrected chi connectivity index (χ2v) is 5.06. The molecule has 0 radical (unpaired) electrons. The van der Waals surface area contributed by atoms with E-state index in [1.54, 1.807) is 0 Å². The van der Waals surface area contributed by atoms with Gasteiger partial charge in [0.15, 0.2) is 0 Å². The van der Waals surface area contributed by atoms with Crippen molar-refractivity contribution in [2.24, 2.45) is 5.73 Å². The van der Waals surface area contributed by atoms with Crippen LogP contribution < -0.4 is 5.73 Å². The second kappa shape index (κ2) is 5.17. The molecule has 88 valence electrons. The lowest BCUT2D eigenvalue weighted by molar-refractivity contribution is 0.205. The molecule has 2 rings (SSSR count). The van der Waals surface area contributed by atoms with E-state index in [0.717, 1.165) is 37.5 Å². The summed E-state index contributed by atoms with van der Waals surface area (Å²) in [5.41, 5.74) is 8.44. The third-order valence-corrected chi connectivity index (χ3v) is 3.72. The first-order valence-electron chi connectivity index (χ1n) is 5.89. The van der Waals surface area contributed by atoms with Gasteiger partial charge in [-0.2, -0.15) is 0 Å². The first kappa shape index (κ1) is 11.9. The highest BCUT2D eigenvalue weighted by atomic mass is 35.5. The van der Waals surface area contributed by atoms with Gasteiger partial charge in [-0.3, -0.25) is 4.90 Å². The molecule has 1 saturated heterocycles. The smallest absolute Gasteiger partial charge is 0.0453 e. The van der Waals surface area contributed by atoms with Crippen LogP contribution in [0.3, 0.4) is 0 Å². The van der Waals surface area contributed by atoms with Crippen LogP contribution in [-0.2, 0) is 6.54 Å². The van der Waals surface area contributed by atoms with Crippen molar-refractivity contribution in [1.29, 1.82) is 0 Å². The Balaban J connectivity index is 2.04. The number of hydrogen-bond donors (Lipinski definition) is 1. The summed E-state index contributed by atoms with van der Waals surface area (Å²) in [6.45, 7) is 5.26. The lowest BCUT2D eigenvalue weighted by Crippen LogP contribution is -2.39. The molecule has 0 bridgehead atoms. The maximum Gasteiger partial charge on any atom is 0.0453 e. The summed E-state index contributed by atoms with van der Waals surface area (Å²) in [7, 11) is 0. The Morgan fingerprint density at radius 1 is 1.38 bits per heavy atom. The molecule has 2 N–H and O–H groups in total. The Hall–Kier alpha value is -0.570. The quantitative estimate of drug-likeness (QED) is 0.858. The molecule has 0 spiro atoms. The van der Waals surface area contributed by atoms with Crippen molar-refractivity contribution in [2.75, 3.05) is 13.1 Å². The van der Waals surface area contributed by atoms with Gasteiger partial charge >= 0.3 is 0 Å². The van der Waals surface area contributed by atoms with Crippen molar-refractivity contribution in [3.05, 3.63) is 34.3 Å². The summed E-state index contributed by atoms with van der Waals surface area (Å²) in [6.07, 6.45) is 2.20. The van der Waals surface area contributed by atoms with Gasteiger partial charge in [0.25, 0.3) is 0 Å². The van der Waals surface area contributed by atoms with E-state index < -0.39 is 0 Å². The molecule has 1 aromatic carbocycles. The fourth-order valence-electron chi connectivity index (χ4n) is 2.20. The van der Waals surface area contributed by atoms with Gasteiger partial charge in [-0.1, -0.05) is 23.7 Å². The van der Waals surface area contributed by atoms with Crippen molar-refractivity contribution in [3.8, 4) is 0 Å². The van der Waals surface area contributed by atoms with Crippen LogP contribution in [0, 0.1) is 6.92 Å². The largest absolute Gasteiger partial charge is 0.328 e. The maximum absolute atomic E-state index is 6.23. The predicted octanol–water partition coefficient (Wildman–Crippen LogP) is 2.57. The summed E-state index contributed by atoms with van der Waals surface area (Å²) in [5, 5.41) is 0.884. The Labute approximate surface area is 102 Å². The van der Waals surface area contributed by atoms with E-state index in [0.29, 0.717) is 6.04 Å². The number of aryl methyl sites for hydroxylation is 1. The molecule has 2 nitrogen and oxygen atoms in total. The van der Waals surface area contributed by atoms with Gasteiger partial charge in [0.05, 0.1) is 0 Å². The van der Waals surface area contributed by atoms with E-state index >= 15 is 0 Å². The van der Waals surface area contributed by atoms with Crippen molar-refractivity contribution >= 4 is 11.6 Å². The molecule has 1 aliphatic rings. The maximum atomic E-state index is 6.23. The number of nitrogens with two attached hydrogens (primary N) is 1. The zero-order valence-electron chi connectivity index (χ0n) is 9.75. The zero-order chi connectivity index (χ0) is 11.5.